The number of nitrogens with two attached hydrogens (primary N) is 1. The molecule has 1 aliphatic rings. The minimum Gasteiger partial charge on any atom is -0.491 e. The van der Waals surface area contributed by atoms with E-state index in [2.05, 4.69) is 4.98 Å². The van der Waals surface area contributed by atoms with E-state index in [-0.39, 0.29) is 37.3 Å². The molecule has 3 N–H and O–H groups in total. The number of H-pyrrole nitrogens is 1. The van der Waals surface area contributed by atoms with Crippen LogP contribution >= 0.6 is 0 Å². The van der Waals surface area contributed by atoms with Crippen LogP contribution in [-0.2, 0) is 16.0 Å². The maximum atomic E-state index is 13.5. The second kappa shape index (κ2) is 11.7. The predicted molar refractivity (Wildman–Crippen MR) is 136 cm³/mol. The number of nitrogens with zero attached hydrogens (tertiary/aromatic N) is 2. The van der Waals surface area contributed by atoms with Gasteiger partial charge in [0.2, 0.25) is 0 Å². The molecule has 0 bridgehead atoms. The van der Waals surface area contributed by atoms with Gasteiger partial charge in [-0.25, -0.2) is 4.79 Å². The molecule has 10 heteroatoms. The van der Waals surface area contributed by atoms with Gasteiger partial charge >= 0.3 is 5.69 Å². The maximum Gasteiger partial charge on any atom is 0.330 e. The third-order valence-corrected chi connectivity index (χ3v) is 5.99. The Morgan fingerprint density at radius 1 is 1.17 bits per heavy atom. The lowest BCUT2D eigenvalue weighted by molar-refractivity contribution is 0.0679. The smallest absolute Gasteiger partial charge is 0.330 e. The van der Waals surface area contributed by atoms with Gasteiger partial charge in [0.25, 0.3) is 11.5 Å². The van der Waals surface area contributed by atoms with E-state index in [1.165, 1.54) is 16.6 Å². The van der Waals surface area contributed by atoms with Gasteiger partial charge in [0.15, 0.2) is 5.69 Å². The van der Waals surface area contributed by atoms with E-state index in [4.69, 9.17) is 19.9 Å². The number of hydrogen-bond acceptors (Lipinski definition) is 7. The number of methoxy groups -OCH3 is 1. The van der Waals surface area contributed by atoms with Crippen LogP contribution in [0.3, 0.4) is 0 Å². The van der Waals surface area contributed by atoms with Gasteiger partial charge in [0.05, 0.1) is 19.3 Å². The van der Waals surface area contributed by atoms with Crippen LogP contribution in [0.2, 0.25) is 0 Å². The number of aromatic amines is 1. The Kier molecular flexibility index (Phi) is 8.19. The lowest BCUT2D eigenvalue weighted by Gasteiger charge is -2.24. The molecule has 10 nitrogen and oxygen atoms in total. The van der Waals surface area contributed by atoms with Crippen molar-refractivity contribution in [2.75, 3.05) is 44.1 Å². The molecule has 4 rings (SSSR count). The summed E-state index contributed by atoms with van der Waals surface area (Å²) in [5, 5.41) is 0. The molecule has 190 valence electrons. The van der Waals surface area contributed by atoms with Crippen LogP contribution in [-0.4, -0.2) is 55.0 Å². The Balaban J connectivity index is 1.61. The normalized spacial score (nSPS) is 15.1. The van der Waals surface area contributed by atoms with Crippen molar-refractivity contribution in [3.05, 3.63) is 86.6 Å². The largest absolute Gasteiger partial charge is 0.491 e. The molecule has 1 atom stereocenters. The summed E-state index contributed by atoms with van der Waals surface area (Å²) >= 11 is 0. The van der Waals surface area contributed by atoms with Crippen LogP contribution in [0.1, 0.15) is 28.8 Å². The predicted octanol–water partition coefficient (Wildman–Crippen LogP) is 2.02. The third kappa shape index (κ3) is 5.84. The van der Waals surface area contributed by atoms with E-state index in [1.807, 2.05) is 30.3 Å². The number of ether oxygens (including phenoxy) is 3. The molecule has 1 aliphatic heterocycles. The number of anilines is 2. The molecule has 0 radical (unpaired) electrons. The fourth-order valence-corrected chi connectivity index (χ4v) is 4.07. The van der Waals surface area contributed by atoms with Gasteiger partial charge < -0.3 is 19.9 Å². The van der Waals surface area contributed by atoms with Crippen molar-refractivity contribution in [3.8, 4) is 5.75 Å². The molecule has 2 aromatic carbocycles. The molecular weight excluding hydrogens is 464 g/mol. The summed E-state index contributed by atoms with van der Waals surface area (Å²) < 4.78 is 17.7. The summed E-state index contributed by atoms with van der Waals surface area (Å²) in [7, 11) is 1.49. The van der Waals surface area contributed by atoms with E-state index < -0.39 is 17.2 Å². The Labute approximate surface area is 208 Å². The Bertz CT molecular complexity index is 1280. The third-order valence-electron chi connectivity index (χ3n) is 5.99. The minimum absolute atomic E-state index is 0.0590. The Morgan fingerprint density at radius 3 is 2.58 bits per heavy atom. The number of aromatic nitrogens is 2. The topological polar surface area (TPSA) is 129 Å². The van der Waals surface area contributed by atoms with E-state index in [0.717, 1.165) is 25.0 Å². The molecule has 0 saturated carbocycles. The summed E-state index contributed by atoms with van der Waals surface area (Å²) in [6.45, 7) is 1.55. The highest BCUT2D eigenvalue weighted by Crippen LogP contribution is 2.22. The van der Waals surface area contributed by atoms with Gasteiger partial charge in [-0.3, -0.25) is 24.0 Å². The molecule has 1 unspecified atom stereocenters. The van der Waals surface area contributed by atoms with Crippen molar-refractivity contribution >= 4 is 17.4 Å². The summed E-state index contributed by atoms with van der Waals surface area (Å²) in [4.78, 5) is 42.4. The zero-order valence-electron chi connectivity index (χ0n) is 20.1. The van der Waals surface area contributed by atoms with Crippen LogP contribution in [0, 0.1) is 0 Å². The molecule has 1 amide bonds. The zero-order valence-corrected chi connectivity index (χ0v) is 20.1. The first-order chi connectivity index (χ1) is 17.5. The van der Waals surface area contributed by atoms with E-state index in [0.29, 0.717) is 17.9 Å². The average molecular weight is 495 g/mol. The number of carbonyl (C=O) groups excluding carboxylic acids is 1. The minimum atomic E-state index is -0.747. The molecule has 36 heavy (non-hydrogen) atoms. The summed E-state index contributed by atoms with van der Waals surface area (Å²) in [5.74, 6) is 0.0488. The highest BCUT2D eigenvalue weighted by atomic mass is 16.5. The maximum absolute atomic E-state index is 13.5. The van der Waals surface area contributed by atoms with E-state index in [1.54, 1.807) is 24.3 Å². The monoisotopic (exact) mass is 494 g/mol. The number of hydrogen-bond donors (Lipinski definition) is 2. The summed E-state index contributed by atoms with van der Waals surface area (Å²) in [6.07, 6.45) is 2.07. The van der Waals surface area contributed by atoms with Crippen LogP contribution in [0.15, 0.2) is 64.2 Å². The number of benzene rings is 2. The molecule has 3 aromatic rings. The van der Waals surface area contributed by atoms with Gasteiger partial charge in [-0.05, 0) is 42.7 Å². The van der Waals surface area contributed by atoms with Crippen LogP contribution in [0.5, 0.6) is 5.75 Å². The van der Waals surface area contributed by atoms with Gasteiger partial charge in [0.1, 0.15) is 18.2 Å². The highest BCUT2D eigenvalue weighted by Gasteiger charge is 2.25. The molecular formula is C26H30N4O6. The quantitative estimate of drug-likeness (QED) is 0.441. The lowest BCUT2D eigenvalue weighted by atomic mass is 10.1. The first kappa shape index (κ1) is 25.2. The first-order valence-corrected chi connectivity index (χ1v) is 11.8. The average Bonchev–Trinajstić information content (AvgIpc) is 3.41. The second-order valence-electron chi connectivity index (χ2n) is 8.48. The number of amides is 1. The Hall–Kier alpha value is -3.89. The van der Waals surface area contributed by atoms with Gasteiger partial charge in [-0.2, -0.15) is 0 Å². The lowest BCUT2D eigenvalue weighted by Crippen LogP contribution is -2.42. The van der Waals surface area contributed by atoms with Crippen molar-refractivity contribution in [1.29, 1.82) is 0 Å². The standard InChI is InChI=1S/C26H30N4O6/c1-34-15-13-29(25(32)19-9-11-20(12-10-19)36-17-21-8-5-14-35-21)22-23(27)30(26(33)28-24(22)31)16-18-6-3-2-4-7-18/h2-4,6-7,9-12,21H,5,8,13-17,27H2,1H3,(H,28,31,33). The molecule has 2 heterocycles. The van der Waals surface area contributed by atoms with Crippen molar-refractivity contribution < 1.29 is 19.0 Å². The van der Waals surface area contributed by atoms with Crippen LogP contribution in [0.25, 0.3) is 0 Å². The van der Waals surface area contributed by atoms with Crippen LogP contribution in [0.4, 0.5) is 11.5 Å². The molecule has 1 fully saturated rings. The van der Waals surface area contributed by atoms with Crippen molar-refractivity contribution in [2.45, 2.75) is 25.5 Å². The number of carbonyl (C=O) groups is 1. The Morgan fingerprint density at radius 2 is 1.92 bits per heavy atom. The number of nitrogens with one attached hydrogen (secondary N) is 1. The van der Waals surface area contributed by atoms with Gasteiger partial charge in [0, 0.05) is 25.8 Å². The van der Waals surface area contributed by atoms with Crippen molar-refractivity contribution in [3.63, 3.8) is 0 Å². The first-order valence-electron chi connectivity index (χ1n) is 11.8. The van der Waals surface area contributed by atoms with E-state index >= 15 is 0 Å². The molecule has 1 saturated heterocycles. The fraction of sp³-hybridized carbons (Fsp3) is 0.346. The number of rotatable bonds is 10. The highest BCUT2D eigenvalue weighted by molar-refractivity contribution is 6.07. The molecule has 1 aromatic heterocycles. The molecule has 0 aliphatic carbocycles. The summed E-state index contributed by atoms with van der Waals surface area (Å²) in [6, 6.07) is 15.9. The van der Waals surface area contributed by atoms with E-state index in [9.17, 15) is 14.4 Å². The number of nitrogen functional groups attached to an aromatic ring is 1. The zero-order chi connectivity index (χ0) is 25.5. The van der Waals surface area contributed by atoms with Gasteiger partial charge in [-0.1, -0.05) is 30.3 Å². The SMILES string of the molecule is COCCN(C(=O)c1ccc(OCC2CCCO2)cc1)c1c(N)n(Cc2ccccc2)c(=O)[nH]c1=O. The second-order valence-corrected chi connectivity index (χ2v) is 8.48. The van der Waals surface area contributed by atoms with Crippen LogP contribution < -0.4 is 26.6 Å². The molecule has 0 spiro atoms. The van der Waals surface area contributed by atoms with Crippen molar-refractivity contribution in [1.82, 2.24) is 9.55 Å². The fourth-order valence-electron chi connectivity index (χ4n) is 4.07. The van der Waals surface area contributed by atoms with Crippen molar-refractivity contribution in [2.24, 2.45) is 0 Å². The van der Waals surface area contributed by atoms with Gasteiger partial charge in [-0.15, -0.1) is 0 Å². The summed E-state index contributed by atoms with van der Waals surface area (Å²) in [5.41, 5.74) is 5.96.